The van der Waals surface area contributed by atoms with Crippen molar-refractivity contribution in [3.8, 4) is 22.6 Å². The summed E-state index contributed by atoms with van der Waals surface area (Å²) in [5.41, 5.74) is 7.66. The van der Waals surface area contributed by atoms with Crippen LogP contribution in [0, 0.1) is 0 Å². The number of fused-ring (bicyclic) bond motifs is 2. The second kappa shape index (κ2) is 6.90. The van der Waals surface area contributed by atoms with Gasteiger partial charge in [-0.25, -0.2) is 4.98 Å². The maximum absolute atomic E-state index is 4.90. The van der Waals surface area contributed by atoms with E-state index >= 15 is 0 Å². The van der Waals surface area contributed by atoms with Crippen LogP contribution in [-0.2, 0) is 6.54 Å². The fourth-order valence-electron chi connectivity index (χ4n) is 3.44. The molecular weight excluding hydrogens is 348 g/mol. The lowest BCUT2D eigenvalue weighted by Gasteiger charge is -2.05. The van der Waals surface area contributed by atoms with Gasteiger partial charge in [0.2, 0.25) is 0 Å². The lowest BCUT2D eigenvalue weighted by Crippen LogP contribution is -2.11. The van der Waals surface area contributed by atoms with Gasteiger partial charge in [-0.1, -0.05) is 25.1 Å². The Kier molecular flexibility index (Phi) is 4.10. The number of nitrogens with one attached hydrogen (secondary N) is 3. The number of pyridine rings is 2. The lowest BCUT2D eigenvalue weighted by atomic mass is 10.1. The number of aromatic nitrogens is 5. The molecule has 0 aliphatic rings. The molecule has 0 saturated heterocycles. The van der Waals surface area contributed by atoms with Gasteiger partial charge in [-0.15, -0.1) is 0 Å². The van der Waals surface area contributed by atoms with Crippen molar-refractivity contribution in [3.05, 3.63) is 66.5 Å². The van der Waals surface area contributed by atoms with E-state index in [0.717, 1.165) is 63.2 Å². The fourth-order valence-corrected chi connectivity index (χ4v) is 3.44. The van der Waals surface area contributed by atoms with Gasteiger partial charge < -0.3 is 10.3 Å². The van der Waals surface area contributed by atoms with E-state index in [9.17, 15) is 0 Å². The number of para-hydroxylation sites is 1. The van der Waals surface area contributed by atoms with Crippen LogP contribution in [0.25, 0.3) is 44.6 Å². The zero-order valence-electron chi connectivity index (χ0n) is 15.5. The highest BCUT2D eigenvalue weighted by Crippen LogP contribution is 2.29. The average Bonchev–Trinajstić information content (AvgIpc) is 3.35. The SMILES string of the molecule is CCNCc1cncc(-c2ccc3[nH]nc(-c4cc5ccccc5[nH]4)c3n2)c1. The predicted molar refractivity (Wildman–Crippen MR) is 112 cm³/mol. The van der Waals surface area contributed by atoms with Crippen LogP contribution < -0.4 is 5.32 Å². The Labute approximate surface area is 162 Å². The monoisotopic (exact) mass is 368 g/mol. The Bertz CT molecular complexity index is 1230. The molecule has 0 aliphatic carbocycles. The third-order valence-electron chi connectivity index (χ3n) is 4.86. The molecule has 0 atom stereocenters. The van der Waals surface area contributed by atoms with Crippen LogP contribution in [0.4, 0.5) is 0 Å². The van der Waals surface area contributed by atoms with Crippen molar-refractivity contribution >= 4 is 21.9 Å². The Morgan fingerprint density at radius 2 is 1.93 bits per heavy atom. The van der Waals surface area contributed by atoms with Crippen LogP contribution in [0.3, 0.4) is 0 Å². The van der Waals surface area contributed by atoms with E-state index in [0.29, 0.717) is 0 Å². The van der Waals surface area contributed by atoms with Crippen molar-refractivity contribution in [2.75, 3.05) is 6.54 Å². The summed E-state index contributed by atoms with van der Waals surface area (Å²) in [6.45, 7) is 3.82. The number of hydrogen-bond donors (Lipinski definition) is 3. The van der Waals surface area contributed by atoms with E-state index in [4.69, 9.17) is 4.98 Å². The van der Waals surface area contributed by atoms with Crippen molar-refractivity contribution in [3.63, 3.8) is 0 Å². The van der Waals surface area contributed by atoms with Crippen LogP contribution in [0.15, 0.2) is 60.9 Å². The Morgan fingerprint density at radius 1 is 1.00 bits per heavy atom. The summed E-state index contributed by atoms with van der Waals surface area (Å²) in [4.78, 5) is 12.7. The van der Waals surface area contributed by atoms with E-state index in [1.165, 1.54) is 0 Å². The predicted octanol–water partition coefficient (Wildman–Crippen LogP) is 4.28. The molecule has 0 fully saturated rings. The molecule has 0 bridgehead atoms. The summed E-state index contributed by atoms with van der Waals surface area (Å²) in [6, 6.07) is 16.5. The molecule has 138 valence electrons. The van der Waals surface area contributed by atoms with Gasteiger partial charge >= 0.3 is 0 Å². The van der Waals surface area contributed by atoms with Crippen molar-refractivity contribution in [1.29, 1.82) is 0 Å². The zero-order chi connectivity index (χ0) is 18.9. The van der Waals surface area contributed by atoms with Gasteiger partial charge in [0, 0.05) is 35.4 Å². The minimum Gasteiger partial charge on any atom is -0.353 e. The molecule has 28 heavy (non-hydrogen) atoms. The van der Waals surface area contributed by atoms with Crippen LogP contribution in [-0.4, -0.2) is 31.7 Å². The molecule has 6 heteroatoms. The standard InChI is InChI=1S/C22H20N6/c1-2-23-11-14-9-16(13-24-12-14)18-7-8-19-21(26-18)22(28-27-19)20-10-15-5-3-4-6-17(15)25-20/h3-10,12-13,23,25H,2,11H2,1H3,(H,27,28). The molecule has 4 heterocycles. The molecule has 0 radical (unpaired) electrons. The van der Waals surface area contributed by atoms with Crippen molar-refractivity contribution < 1.29 is 0 Å². The Hall–Kier alpha value is -3.51. The zero-order valence-corrected chi connectivity index (χ0v) is 15.5. The summed E-state index contributed by atoms with van der Waals surface area (Å²) >= 11 is 0. The van der Waals surface area contributed by atoms with Crippen molar-refractivity contribution in [2.45, 2.75) is 13.5 Å². The third kappa shape index (κ3) is 2.93. The highest BCUT2D eigenvalue weighted by molar-refractivity contribution is 5.94. The molecule has 0 saturated carbocycles. The minimum absolute atomic E-state index is 0.797. The summed E-state index contributed by atoms with van der Waals surface area (Å²) < 4.78 is 0. The summed E-state index contributed by atoms with van der Waals surface area (Å²) in [7, 11) is 0. The van der Waals surface area contributed by atoms with Gasteiger partial charge in [-0.2, -0.15) is 5.10 Å². The number of aromatic amines is 2. The molecule has 3 N–H and O–H groups in total. The second-order valence-corrected chi connectivity index (χ2v) is 6.80. The number of rotatable bonds is 5. The third-order valence-corrected chi connectivity index (χ3v) is 4.86. The largest absolute Gasteiger partial charge is 0.353 e. The van der Waals surface area contributed by atoms with Gasteiger partial charge in [-0.3, -0.25) is 10.1 Å². The first-order valence-corrected chi connectivity index (χ1v) is 9.40. The first-order chi connectivity index (χ1) is 13.8. The molecule has 5 rings (SSSR count). The normalized spacial score (nSPS) is 11.5. The number of nitrogens with zero attached hydrogens (tertiary/aromatic N) is 3. The molecule has 4 aromatic heterocycles. The van der Waals surface area contributed by atoms with Gasteiger partial charge in [0.1, 0.15) is 11.2 Å². The lowest BCUT2D eigenvalue weighted by molar-refractivity contribution is 0.724. The van der Waals surface area contributed by atoms with E-state index in [-0.39, 0.29) is 0 Å². The summed E-state index contributed by atoms with van der Waals surface area (Å²) in [5, 5.41) is 12.1. The van der Waals surface area contributed by atoms with E-state index in [2.05, 4.69) is 56.7 Å². The molecule has 0 aliphatic heterocycles. The maximum Gasteiger partial charge on any atom is 0.135 e. The Balaban J connectivity index is 1.58. The van der Waals surface area contributed by atoms with Gasteiger partial charge in [0.05, 0.1) is 16.9 Å². The number of hydrogen-bond acceptors (Lipinski definition) is 4. The fraction of sp³-hybridized carbons (Fsp3) is 0.136. The van der Waals surface area contributed by atoms with Crippen molar-refractivity contribution in [1.82, 2.24) is 30.5 Å². The summed E-state index contributed by atoms with van der Waals surface area (Å²) in [5.74, 6) is 0. The number of benzene rings is 1. The second-order valence-electron chi connectivity index (χ2n) is 6.80. The highest BCUT2D eigenvalue weighted by Gasteiger charge is 2.13. The van der Waals surface area contributed by atoms with Gasteiger partial charge in [0.25, 0.3) is 0 Å². The first-order valence-electron chi connectivity index (χ1n) is 9.40. The van der Waals surface area contributed by atoms with E-state index in [1.807, 2.05) is 36.7 Å². The average molecular weight is 368 g/mol. The van der Waals surface area contributed by atoms with Crippen LogP contribution in [0.1, 0.15) is 12.5 Å². The quantitative estimate of drug-likeness (QED) is 0.432. The molecule has 1 aromatic carbocycles. The van der Waals surface area contributed by atoms with E-state index in [1.54, 1.807) is 0 Å². The molecule has 0 amide bonds. The Morgan fingerprint density at radius 3 is 2.82 bits per heavy atom. The van der Waals surface area contributed by atoms with Gasteiger partial charge in [0.15, 0.2) is 0 Å². The van der Waals surface area contributed by atoms with Gasteiger partial charge in [-0.05, 0) is 42.4 Å². The molecule has 6 nitrogen and oxygen atoms in total. The van der Waals surface area contributed by atoms with Crippen LogP contribution in [0.5, 0.6) is 0 Å². The maximum atomic E-state index is 4.90. The highest BCUT2D eigenvalue weighted by atomic mass is 15.1. The number of H-pyrrole nitrogens is 2. The van der Waals surface area contributed by atoms with Crippen LogP contribution >= 0.6 is 0 Å². The summed E-state index contributed by atoms with van der Waals surface area (Å²) in [6.07, 6.45) is 3.74. The van der Waals surface area contributed by atoms with E-state index < -0.39 is 0 Å². The van der Waals surface area contributed by atoms with Crippen LogP contribution in [0.2, 0.25) is 0 Å². The molecule has 5 aromatic rings. The first kappa shape index (κ1) is 16.6. The molecule has 0 spiro atoms. The smallest absolute Gasteiger partial charge is 0.135 e. The van der Waals surface area contributed by atoms with Crippen molar-refractivity contribution in [2.24, 2.45) is 0 Å². The topological polar surface area (TPSA) is 82.3 Å². The molecular formula is C22H20N6. The molecule has 0 unspecified atom stereocenters. The minimum atomic E-state index is 0.797.